The summed E-state index contributed by atoms with van der Waals surface area (Å²) in [5, 5.41) is 12.1. The standard InChI is InChI=1S/C20H18BrCl2N3O3S/c1-10-6-13(21)7-11(2)18(10)24-17(27)9-30-20-26-25-19(29-20)12(3)28-16-5-4-14(22)8-15(16)23/h4-8,12H,9H2,1-3H3,(H,24,27)/t12-/m0/s1. The van der Waals surface area contributed by atoms with E-state index in [1.165, 1.54) is 0 Å². The highest BCUT2D eigenvalue weighted by Gasteiger charge is 2.18. The highest BCUT2D eigenvalue weighted by Crippen LogP contribution is 2.31. The zero-order chi connectivity index (χ0) is 21.8. The van der Waals surface area contributed by atoms with E-state index < -0.39 is 6.10 Å². The van der Waals surface area contributed by atoms with Gasteiger partial charge in [-0.2, -0.15) is 0 Å². The minimum Gasteiger partial charge on any atom is -0.479 e. The second kappa shape index (κ2) is 10.0. The van der Waals surface area contributed by atoms with Crippen molar-refractivity contribution in [1.29, 1.82) is 0 Å². The molecule has 0 radical (unpaired) electrons. The average molecular weight is 531 g/mol. The van der Waals surface area contributed by atoms with Crippen LogP contribution in [0.5, 0.6) is 5.75 Å². The van der Waals surface area contributed by atoms with Crippen molar-refractivity contribution < 1.29 is 13.9 Å². The Kier molecular flexibility index (Phi) is 7.68. The highest BCUT2D eigenvalue weighted by atomic mass is 79.9. The van der Waals surface area contributed by atoms with Crippen LogP contribution in [0, 0.1) is 13.8 Å². The molecule has 1 amide bonds. The molecular formula is C20H18BrCl2N3O3S. The molecule has 3 rings (SSSR count). The maximum atomic E-state index is 12.3. The van der Waals surface area contributed by atoms with Crippen LogP contribution in [0.1, 0.15) is 30.0 Å². The van der Waals surface area contributed by atoms with Gasteiger partial charge in [-0.05, 0) is 62.2 Å². The van der Waals surface area contributed by atoms with Crippen molar-refractivity contribution in [2.75, 3.05) is 11.1 Å². The van der Waals surface area contributed by atoms with E-state index in [2.05, 4.69) is 31.4 Å². The van der Waals surface area contributed by atoms with Crippen LogP contribution in [0.15, 0.2) is 44.4 Å². The molecule has 0 fully saturated rings. The lowest BCUT2D eigenvalue weighted by atomic mass is 10.1. The first-order chi connectivity index (χ1) is 14.2. The highest BCUT2D eigenvalue weighted by molar-refractivity contribution is 9.10. The van der Waals surface area contributed by atoms with E-state index in [0.717, 1.165) is 33.0 Å². The fraction of sp³-hybridized carbons (Fsp3) is 0.250. The van der Waals surface area contributed by atoms with E-state index in [1.54, 1.807) is 25.1 Å². The summed E-state index contributed by atoms with van der Waals surface area (Å²) < 4.78 is 12.3. The van der Waals surface area contributed by atoms with Crippen LogP contribution in [0.25, 0.3) is 0 Å². The first-order valence-corrected chi connectivity index (χ1v) is 11.4. The number of rotatable bonds is 7. The number of nitrogens with zero attached hydrogens (tertiary/aromatic N) is 2. The molecule has 0 bridgehead atoms. The summed E-state index contributed by atoms with van der Waals surface area (Å²) in [6.07, 6.45) is -0.521. The lowest BCUT2D eigenvalue weighted by Gasteiger charge is -2.12. The molecule has 30 heavy (non-hydrogen) atoms. The lowest BCUT2D eigenvalue weighted by molar-refractivity contribution is -0.113. The third-order valence-electron chi connectivity index (χ3n) is 4.06. The number of aryl methyl sites for hydroxylation is 2. The lowest BCUT2D eigenvalue weighted by Crippen LogP contribution is -2.15. The van der Waals surface area contributed by atoms with Crippen LogP contribution >= 0.6 is 50.9 Å². The second-order valence-electron chi connectivity index (χ2n) is 6.49. The third-order valence-corrected chi connectivity index (χ3v) is 5.86. The van der Waals surface area contributed by atoms with E-state index in [-0.39, 0.29) is 22.8 Å². The van der Waals surface area contributed by atoms with Gasteiger partial charge in [0.1, 0.15) is 5.75 Å². The van der Waals surface area contributed by atoms with E-state index in [4.69, 9.17) is 32.4 Å². The Morgan fingerprint density at radius 2 is 1.93 bits per heavy atom. The van der Waals surface area contributed by atoms with Crippen molar-refractivity contribution in [1.82, 2.24) is 10.2 Å². The van der Waals surface area contributed by atoms with Gasteiger partial charge in [0.2, 0.25) is 5.91 Å². The number of aromatic nitrogens is 2. The van der Waals surface area contributed by atoms with Gasteiger partial charge in [-0.3, -0.25) is 4.79 Å². The number of nitrogens with one attached hydrogen (secondary N) is 1. The summed E-state index contributed by atoms with van der Waals surface area (Å²) in [5.74, 6) is 0.712. The molecule has 0 saturated carbocycles. The van der Waals surface area contributed by atoms with Gasteiger partial charge in [0.05, 0.1) is 10.8 Å². The molecule has 0 saturated heterocycles. The number of carbonyl (C=O) groups is 1. The van der Waals surface area contributed by atoms with Crippen LogP contribution in [0.3, 0.4) is 0 Å². The van der Waals surface area contributed by atoms with Crippen molar-refractivity contribution in [3.05, 3.63) is 61.9 Å². The van der Waals surface area contributed by atoms with Gasteiger partial charge in [-0.1, -0.05) is 50.9 Å². The molecular weight excluding hydrogens is 513 g/mol. The molecule has 0 unspecified atom stereocenters. The van der Waals surface area contributed by atoms with Gasteiger partial charge in [0.15, 0.2) is 6.10 Å². The molecule has 1 aromatic heterocycles. The number of halogens is 3. The third kappa shape index (κ3) is 5.91. The molecule has 1 atom stereocenters. The summed E-state index contributed by atoms with van der Waals surface area (Å²) in [4.78, 5) is 12.3. The Bertz CT molecular complexity index is 1050. The number of ether oxygens (including phenoxy) is 1. The van der Waals surface area contributed by atoms with E-state index >= 15 is 0 Å². The number of benzene rings is 2. The van der Waals surface area contributed by atoms with Crippen molar-refractivity contribution in [2.24, 2.45) is 0 Å². The predicted octanol–water partition coefficient (Wildman–Crippen LogP) is 6.63. The molecule has 158 valence electrons. The largest absolute Gasteiger partial charge is 0.479 e. The fourth-order valence-corrected chi connectivity index (χ4v) is 4.37. The van der Waals surface area contributed by atoms with Crippen LogP contribution in [-0.2, 0) is 4.79 Å². The molecule has 0 spiro atoms. The Morgan fingerprint density at radius 1 is 1.23 bits per heavy atom. The quantitative estimate of drug-likeness (QED) is 0.345. The normalized spacial score (nSPS) is 11.9. The molecule has 0 aliphatic carbocycles. The van der Waals surface area contributed by atoms with Gasteiger partial charge < -0.3 is 14.5 Å². The topological polar surface area (TPSA) is 77.2 Å². The maximum absolute atomic E-state index is 12.3. The van der Waals surface area contributed by atoms with Crippen molar-refractivity contribution in [2.45, 2.75) is 32.1 Å². The number of thioether (sulfide) groups is 1. The monoisotopic (exact) mass is 529 g/mol. The molecule has 1 N–H and O–H groups in total. The fourth-order valence-electron chi connectivity index (χ4n) is 2.67. The van der Waals surface area contributed by atoms with Gasteiger partial charge in [-0.25, -0.2) is 0 Å². The number of amides is 1. The molecule has 0 aliphatic heterocycles. The SMILES string of the molecule is Cc1cc(Br)cc(C)c1NC(=O)CSc1nnc([C@H](C)Oc2ccc(Cl)cc2Cl)o1. The first kappa shape index (κ1) is 22.9. The van der Waals surface area contributed by atoms with Crippen molar-refractivity contribution >= 4 is 62.5 Å². The zero-order valence-electron chi connectivity index (χ0n) is 16.3. The van der Waals surface area contributed by atoms with Crippen LogP contribution in [-0.4, -0.2) is 21.9 Å². The van der Waals surface area contributed by atoms with Gasteiger partial charge in [0, 0.05) is 15.2 Å². The number of anilines is 1. The van der Waals surface area contributed by atoms with Crippen molar-refractivity contribution in [3.8, 4) is 5.75 Å². The van der Waals surface area contributed by atoms with Gasteiger partial charge in [0.25, 0.3) is 11.1 Å². The number of hydrogen-bond donors (Lipinski definition) is 1. The Hall–Kier alpha value is -1.74. The molecule has 1 heterocycles. The summed E-state index contributed by atoms with van der Waals surface area (Å²) in [6.45, 7) is 5.65. The summed E-state index contributed by atoms with van der Waals surface area (Å²) >= 11 is 16.6. The molecule has 10 heteroatoms. The van der Waals surface area contributed by atoms with E-state index in [9.17, 15) is 4.79 Å². The van der Waals surface area contributed by atoms with E-state index in [0.29, 0.717) is 15.8 Å². The van der Waals surface area contributed by atoms with Crippen LogP contribution in [0.2, 0.25) is 10.0 Å². The summed E-state index contributed by atoms with van der Waals surface area (Å²) in [6, 6.07) is 8.85. The zero-order valence-corrected chi connectivity index (χ0v) is 20.2. The van der Waals surface area contributed by atoms with Crippen LogP contribution in [0.4, 0.5) is 5.69 Å². The molecule has 2 aromatic carbocycles. The van der Waals surface area contributed by atoms with Gasteiger partial charge >= 0.3 is 0 Å². The number of carbonyl (C=O) groups excluding carboxylic acids is 1. The minimum absolute atomic E-state index is 0.134. The minimum atomic E-state index is -0.521. The Balaban J connectivity index is 1.57. The summed E-state index contributed by atoms with van der Waals surface area (Å²) in [7, 11) is 0. The van der Waals surface area contributed by atoms with Crippen LogP contribution < -0.4 is 10.1 Å². The Labute approximate surface area is 196 Å². The molecule has 0 aliphatic rings. The van der Waals surface area contributed by atoms with Gasteiger partial charge in [-0.15, -0.1) is 10.2 Å². The molecule has 3 aromatic rings. The maximum Gasteiger partial charge on any atom is 0.277 e. The predicted molar refractivity (Wildman–Crippen MR) is 123 cm³/mol. The smallest absolute Gasteiger partial charge is 0.277 e. The summed E-state index contributed by atoms with van der Waals surface area (Å²) in [5.41, 5.74) is 2.76. The average Bonchev–Trinajstić information content (AvgIpc) is 3.14. The second-order valence-corrected chi connectivity index (χ2v) is 9.18. The first-order valence-electron chi connectivity index (χ1n) is 8.87. The number of hydrogen-bond acceptors (Lipinski definition) is 6. The van der Waals surface area contributed by atoms with Crippen molar-refractivity contribution in [3.63, 3.8) is 0 Å². The Morgan fingerprint density at radius 3 is 2.60 bits per heavy atom. The van der Waals surface area contributed by atoms with E-state index in [1.807, 2.05) is 26.0 Å². The molecule has 6 nitrogen and oxygen atoms in total.